The van der Waals surface area contributed by atoms with E-state index in [-0.39, 0.29) is 23.8 Å². The Balaban J connectivity index is 1.69. The minimum atomic E-state index is -4.88. The first-order valence-electron chi connectivity index (χ1n) is 8.17. The first-order valence-corrected chi connectivity index (χ1v) is 8.17. The summed E-state index contributed by atoms with van der Waals surface area (Å²) in [6.45, 7) is 0. The first-order chi connectivity index (χ1) is 13.1. The van der Waals surface area contributed by atoms with Crippen molar-refractivity contribution in [2.24, 2.45) is 5.92 Å². The van der Waals surface area contributed by atoms with E-state index in [1.54, 1.807) is 12.1 Å². The van der Waals surface area contributed by atoms with Crippen molar-refractivity contribution in [3.8, 4) is 0 Å². The van der Waals surface area contributed by atoms with E-state index in [4.69, 9.17) is 0 Å². The number of benzene rings is 1. The Bertz CT molecular complexity index is 996. The molecule has 1 aromatic heterocycles. The Kier molecular flexibility index (Phi) is 5.04. The lowest BCUT2D eigenvalue weighted by atomic mass is 9.98. The van der Waals surface area contributed by atoms with Crippen LogP contribution in [-0.4, -0.2) is 22.7 Å². The maximum Gasteiger partial charge on any atom is 0.421 e. The molecule has 3 rings (SSSR count). The molecule has 0 saturated carbocycles. The van der Waals surface area contributed by atoms with Crippen LogP contribution < -0.4 is 16.2 Å². The molecule has 1 aromatic carbocycles. The van der Waals surface area contributed by atoms with Gasteiger partial charge in [0.25, 0.3) is 11.5 Å². The van der Waals surface area contributed by atoms with Crippen LogP contribution in [0.5, 0.6) is 0 Å². The molecule has 3 amide bonds. The highest BCUT2D eigenvalue weighted by Gasteiger charge is 2.34. The van der Waals surface area contributed by atoms with E-state index in [0.717, 1.165) is 11.8 Å². The number of anilines is 1. The third-order valence-corrected chi connectivity index (χ3v) is 4.23. The fourth-order valence-corrected chi connectivity index (χ4v) is 2.81. The van der Waals surface area contributed by atoms with Gasteiger partial charge in [0.05, 0.1) is 11.5 Å². The van der Waals surface area contributed by atoms with Crippen molar-refractivity contribution in [2.75, 3.05) is 5.32 Å². The van der Waals surface area contributed by atoms with Gasteiger partial charge in [0.15, 0.2) is 0 Å². The summed E-state index contributed by atoms with van der Waals surface area (Å²) < 4.78 is 38.3. The molecule has 0 bridgehead atoms. The average Bonchev–Trinajstić information content (AvgIpc) is 2.93. The number of aromatic amines is 1. The van der Waals surface area contributed by atoms with Gasteiger partial charge >= 0.3 is 6.18 Å². The van der Waals surface area contributed by atoms with Crippen LogP contribution in [0.2, 0.25) is 0 Å². The highest BCUT2D eigenvalue weighted by Crippen LogP contribution is 2.27. The standard InChI is InChI=1S/C18H14F3N3O4/c19-18(20,21)13-6-11(8-22-17(13)28)16(27)23-12-3-1-9(2-4-12)5-10-7-14(25)24-15(10)26/h1-4,6,8,10H,5,7H2,(H,22,28)(H,23,27)(H,24,25,26). The summed E-state index contributed by atoms with van der Waals surface area (Å²) in [5.41, 5.74) is -2.06. The number of hydrogen-bond acceptors (Lipinski definition) is 4. The highest BCUT2D eigenvalue weighted by molar-refractivity contribution is 6.04. The molecule has 1 fully saturated rings. The van der Waals surface area contributed by atoms with Crippen LogP contribution in [0.4, 0.5) is 18.9 Å². The van der Waals surface area contributed by atoms with Gasteiger partial charge in [0, 0.05) is 18.3 Å². The zero-order chi connectivity index (χ0) is 20.5. The lowest BCUT2D eigenvalue weighted by Gasteiger charge is -2.10. The van der Waals surface area contributed by atoms with Crippen LogP contribution in [0.25, 0.3) is 0 Å². The molecule has 1 atom stereocenters. The maximum atomic E-state index is 12.8. The minimum absolute atomic E-state index is 0.116. The Morgan fingerprint density at radius 1 is 1.14 bits per heavy atom. The summed E-state index contributed by atoms with van der Waals surface area (Å²) in [5.74, 6) is -1.93. The number of aromatic nitrogens is 1. The van der Waals surface area contributed by atoms with Crippen molar-refractivity contribution >= 4 is 23.4 Å². The van der Waals surface area contributed by atoms with E-state index in [2.05, 4.69) is 10.6 Å². The van der Waals surface area contributed by atoms with Crippen molar-refractivity contribution in [3.63, 3.8) is 0 Å². The normalized spacial score (nSPS) is 16.8. The fraction of sp³-hybridized carbons (Fsp3) is 0.222. The molecule has 2 aromatic rings. The molecule has 1 aliphatic heterocycles. The van der Waals surface area contributed by atoms with E-state index >= 15 is 0 Å². The number of halogens is 3. The van der Waals surface area contributed by atoms with Crippen LogP contribution in [-0.2, 0) is 22.2 Å². The second-order valence-corrected chi connectivity index (χ2v) is 6.30. The third-order valence-electron chi connectivity index (χ3n) is 4.23. The zero-order valence-corrected chi connectivity index (χ0v) is 14.2. The van der Waals surface area contributed by atoms with Gasteiger partial charge in [0.1, 0.15) is 5.56 Å². The lowest BCUT2D eigenvalue weighted by molar-refractivity contribution is -0.138. The Labute approximate surface area is 155 Å². The summed E-state index contributed by atoms with van der Waals surface area (Å²) in [4.78, 5) is 48.1. The molecule has 0 aliphatic carbocycles. The smallest absolute Gasteiger partial charge is 0.328 e. The van der Waals surface area contributed by atoms with Crippen molar-refractivity contribution < 1.29 is 27.6 Å². The van der Waals surface area contributed by atoms with Crippen LogP contribution >= 0.6 is 0 Å². The van der Waals surface area contributed by atoms with Crippen LogP contribution in [0.1, 0.15) is 27.9 Å². The van der Waals surface area contributed by atoms with Crippen molar-refractivity contribution in [2.45, 2.75) is 19.0 Å². The van der Waals surface area contributed by atoms with E-state index in [1.165, 1.54) is 12.1 Å². The van der Waals surface area contributed by atoms with Crippen molar-refractivity contribution in [1.29, 1.82) is 0 Å². The van der Waals surface area contributed by atoms with Crippen LogP contribution in [0, 0.1) is 5.92 Å². The SMILES string of the molecule is O=C1CC(Cc2ccc(NC(=O)c3c[nH]c(=O)c(C(F)(F)F)c3)cc2)C(=O)N1. The molecular weight excluding hydrogens is 379 g/mol. The molecule has 10 heteroatoms. The molecule has 1 saturated heterocycles. The predicted molar refractivity (Wildman–Crippen MR) is 91.4 cm³/mol. The topological polar surface area (TPSA) is 108 Å². The van der Waals surface area contributed by atoms with Gasteiger partial charge in [0.2, 0.25) is 11.8 Å². The van der Waals surface area contributed by atoms with Crippen LogP contribution in [0.15, 0.2) is 41.3 Å². The third kappa shape index (κ3) is 4.27. The largest absolute Gasteiger partial charge is 0.421 e. The molecule has 1 unspecified atom stereocenters. The van der Waals surface area contributed by atoms with Gasteiger partial charge in [-0.2, -0.15) is 13.2 Å². The van der Waals surface area contributed by atoms with E-state index in [9.17, 15) is 32.3 Å². The Hall–Kier alpha value is -3.43. The number of carbonyl (C=O) groups is 3. The molecule has 0 spiro atoms. The van der Waals surface area contributed by atoms with Gasteiger partial charge in [-0.1, -0.05) is 12.1 Å². The second-order valence-electron chi connectivity index (χ2n) is 6.30. The molecule has 0 radical (unpaired) electrons. The summed E-state index contributed by atoms with van der Waals surface area (Å²) in [5, 5.41) is 4.65. The summed E-state index contributed by atoms with van der Waals surface area (Å²) in [7, 11) is 0. The van der Waals surface area contributed by atoms with E-state index in [1.807, 2.05) is 4.98 Å². The van der Waals surface area contributed by atoms with E-state index in [0.29, 0.717) is 18.2 Å². The number of alkyl halides is 3. The molecule has 146 valence electrons. The predicted octanol–water partition coefficient (Wildman–Crippen LogP) is 1.85. The average molecular weight is 393 g/mol. The van der Waals surface area contributed by atoms with Gasteiger partial charge in [-0.05, 0) is 30.2 Å². The molecule has 28 heavy (non-hydrogen) atoms. The number of H-pyrrole nitrogens is 1. The number of nitrogens with one attached hydrogen (secondary N) is 3. The number of rotatable bonds is 4. The number of hydrogen-bond donors (Lipinski definition) is 3. The van der Waals surface area contributed by atoms with Crippen molar-refractivity contribution in [1.82, 2.24) is 10.3 Å². The Morgan fingerprint density at radius 2 is 1.82 bits per heavy atom. The number of pyridine rings is 1. The highest BCUT2D eigenvalue weighted by atomic mass is 19.4. The summed E-state index contributed by atoms with van der Waals surface area (Å²) >= 11 is 0. The summed E-state index contributed by atoms with van der Waals surface area (Å²) in [6, 6.07) is 6.81. The molecule has 3 N–H and O–H groups in total. The van der Waals surface area contributed by atoms with E-state index < -0.39 is 29.1 Å². The monoisotopic (exact) mass is 393 g/mol. The molecular formula is C18H14F3N3O4. The first kappa shape index (κ1) is 19.3. The summed E-state index contributed by atoms with van der Waals surface area (Å²) in [6.07, 6.45) is -3.51. The number of carbonyl (C=O) groups excluding carboxylic acids is 3. The van der Waals surface area contributed by atoms with Crippen molar-refractivity contribution in [3.05, 3.63) is 63.6 Å². The van der Waals surface area contributed by atoms with Gasteiger partial charge < -0.3 is 10.3 Å². The van der Waals surface area contributed by atoms with Gasteiger partial charge in [-0.15, -0.1) is 0 Å². The van der Waals surface area contributed by atoms with Crippen LogP contribution in [0.3, 0.4) is 0 Å². The lowest BCUT2D eigenvalue weighted by Crippen LogP contribution is -2.23. The minimum Gasteiger partial charge on any atom is -0.328 e. The fourth-order valence-electron chi connectivity index (χ4n) is 2.81. The number of imide groups is 1. The van der Waals surface area contributed by atoms with Gasteiger partial charge in [-0.25, -0.2) is 0 Å². The number of amides is 3. The Morgan fingerprint density at radius 3 is 2.39 bits per heavy atom. The second kappa shape index (κ2) is 7.29. The molecule has 7 nitrogen and oxygen atoms in total. The molecule has 1 aliphatic rings. The quantitative estimate of drug-likeness (QED) is 0.689. The molecule has 2 heterocycles. The maximum absolute atomic E-state index is 12.8. The van der Waals surface area contributed by atoms with Gasteiger partial charge in [-0.3, -0.25) is 24.5 Å². The zero-order valence-electron chi connectivity index (χ0n) is 14.2.